The Labute approximate surface area is 122 Å². The molecular weight excluding hydrogens is 244 g/mol. The Bertz CT molecular complexity index is 544. The summed E-state index contributed by atoms with van der Waals surface area (Å²) >= 11 is 0. The SMILES string of the molecule is CCCCCCC#C/C=C\C#CC(=O)c1ccccc1. The average molecular weight is 264 g/mol. The van der Waals surface area contributed by atoms with Crippen molar-refractivity contribution >= 4 is 5.78 Å². The van der Waals surface area contributed by atoms with Crippen LogP contribution in [0.3, 0.4) is 0 Å². The third-order valence-corrected chi connectivity index (χ3v) is 2.73. The highest BCUT2D eigenvalue weighted by atomic mass is 16.1. The van der Waals surface area contributed by atoms with E-state index in [9.17, 15) is 4.79 Å². The summed E-state index contributed by atoms with van der Waals surface area (Å²) in [5, 5.41) is 0. The lowest BCUT2D eigenvalue weighted by atomic mass is 10.1. The topological polar surface area (TPSA) is 17.1 Å². The zero-order valence-corrected chi connectivity index (χ0v) is 12.0. The molecule has 0 fully saturated rings. The lowest BCUT2D eigenvalue weighted by Gasteiger charge is -1.91. The second-order valence-corrected chi connectivity index (χ2v) is 4.43. The van der Waals surface area contributed by atoms with Gasteiger partial charge in [0.25, 0.3) is 0 Å². The van der Waals surface area contributed by atoms with Gasteiger partial charge >= 0.3 is 0 Å². The maximum absolute atomic E-state index is 11.6. The zero-order chi connectivity index (χ0) is 14.5. The smallest absolute Gasteiger partial charge is 0.236 e. The first-order valence-electron chi connectivity index (χ1n) is 7.09. The number of carbonyl (C=O) groups is 1. The van der Waals surface area contributed by atoms with Crippen molar-refractivity contribution in [2.75, 3.05) is 0 Å². The number of benzene rings is 1. The molecule has 102 valence electrons. The van der Waals surface area contributed by atoms with E-state index in [4.69, 9.17) is 0 Å². The van der Waals surface area contributed by atoms with Crippen molar-refractivity contribution in [2.45, 2.75) is 39.0 Å². The van der Waals surface area contributed by atoms with Gasteiger partial charge in [-0.1, -0.05) is 74.3 Å². The maximum Gasteiger partial charge on any atom is 0.236 e. The quantitative estimate of drug-likeness (QED) is 0.333. The van der Waals surface area contributed by atoms with Gasteiger partial charge in [0.1, 0.15) is 0 Å². The van der Waals surface area contributed by atoms with Crippen LogP contribution in [0.15, 0.2) is 42.5 Å². The molecule has 0 heterocycles. The van der Waals surface area contributed by atoms with Crippen LogP contribution in [-0.2, 0) is 0 Å². The molecule has 1 aromatic rings. The van der Waals surface area contributed by atoms with E-state index in [0.29, 0.717) is 5.56 Å². The Morgan fingerprint density at radius 2 is 1.80 bits per heavy atom. The van der Waals surface area contributed by atoms with Crippen molar-refractivity contribution in [3.63, 3.8) is 0 Å². The Balaban J connectivity index is 2.30. The minimum Gasteiger partial charge on any atom is -0.279 e. The van der Waals surface area contributed by atoms with Crippen molar-refractivity contribution in [3.05, 3.63) is 48.0 Å². The zero-order valence-electron chi connectivity index (χ0n) is 12.0. The minimum absolute atomic E-state index is 0.164. The van der Waals surface area contributed by atoms with Gasteiger partial charge < -0.3 is 0 Å². The number of unbranched alkanes of at least 4 members (excludes halogenated alkanes) is 4. The largest absolute Gasteiger partial charge is 0.279 e. The van der Waals surface area contributed by atoms with E-state index in [1.54, 1.807) is 24.3 Å². The Morgan fingerprint density at radius 3 is 2.55 bits per heavy atom. The van der Waals surface area contributed by atoms with Crippen molar-refractivity contribution in [3.8, 4) is 23.7 Å². The molecule has 0 unspecified atom stereocenters. The van der Waals surface area contributed by atoms with Gasteiger partial charge in [-0.3, -0.25) is 4.79 Å². The van der Waals surface area contributed by atoms with E-state index in [-0.39, 0.29) is 5.78 Å². The summed E-state index contributed by atoms with van der Waals surface area (Å²) in [5.41, 5.74) is 0.621. The number of hydrogen-bond donors (Lipinski definition) is 0. The number of Topliss-reactive ketones (excluding diaryl/α,β-unsaturated/α-hetero) is 1. The highest BCUT2D eigenvalue weighted by molar-refractivity contribution is 6.09. The standard InChI is InChI=1S/C19H20O/c1-2-3-4-5-6-7-8-9-10-14-17-19(20)18-15-12-11-13-16-18/h9-13,15-16H,2-6H2,1H3/b10-9-. The van der Waals surface area contributed by atoms with Gasteiger partial charge in [-0.2, -0.15) is 0 Å². The molecule has 0 aliphatic rings. The molecule has 0 N–H and O–H groups in total. The van der Waals surface area contributed by atoms with Crippen molar-refractivity contribution < 1.29 is 4.79 Å². The van der Waals surface area contributed by atoms with Crippen LogP contribution < -0.4 is 0 Å². The van der Waals surface area contributed by atoms with E-state index in [1.165, 1.54) is 19.3 Å². The van der Waals surface area contributed by atoms with Crippen LogP contribution in [0.1, 0.15) is 49.4 Å². The van der Waals surface area contributed by atoms with E-state index in [1.807, 2.05) is 18.2 Å². The van der Waals surface area contributed by atoms with Crippen molar-refractivity contribution in [1.82, 2.24) is 0 Å². The summed E-state index contributed by atoms with van der Waals surface area (Å²) in [7, 11) is 0. The molecule has 0 spiro atoms. The first-order chi connectivity index (χ1) is 9.84. The average Bonchev–Trinajstić information content (AvgIpc) is 2.50. The highest BCUT2D eigenvalue weighted by Gasteiger charge is 1.97. The van der Waals surface area contributed by atoms with Crippen molar-refractivity contribution in [2.24, 2.45) is 0 Å². The van der Waals surface area contributed by atoms with Crippen LogP contribution in [0.5, 0.6) is 0 Å². The highest BCUT2D eigenvalue weighted by Crippen LogP contribution is 2.00. The second-order valence-electron chi connectivity index (χ2n) is 4.43. The molecule has 0 amide bonds. The van der Waals surface area contributed by atoms with Crippen LogP contribution in [0.4, 0.5) is 0 Å². The summed E-state index contributed by atoms with van der Waals surface area (Å²) in [5.74, 6) is 11.1. The third-order valence-electron chi connectivity index (χ3n) is 2.73. The van der Waals surface area contributed by atoms with Gasteiger partial charge in [0.05, 0.1) is 0 Å². The monoisotopic (exact) mass is 264 g/mol. The molecule has 0 saturated heterocycles. The number of allylic oxidation sites excluding steroid dienone is 2. The van der Waals surface area contributed by atoms with Crippen LogP contribution in [-0.4, -0.2) is 5.78 Å². The van der Waals surface area contributed by atoms with E-state index in [2.05, 4.69) is 30.6 Å². The molecule has 0 radical (unpaired) electrons. The first-order valence-corrected chi connectivity index (χ1v) is 7.09. The molecule has 1 aromatic carbocycles. The van der Waals surface area contributed by atoms with E-state index in [0.717, 1.165) is 12.8 Å². The summed E-state index contributed by atoms with van der Waals surface area (Å²) in [6.45, 7) is 2.20. The number of hydrogen-bond acceptors (Lipinski definition) is 1. The molecule has 1 rings (SSSR count). The fourth-order valence-corrected chi connectivity index (χ4v) is 1.62. The molecule has 0 saturated carbocycles. The van der Waals surface area contributed by atoms with Gasteiger partial charge in [0.2, 0.25) is 5.78 Å². The Kier molecular flexibility index (Phi) is 8.42. The molecular formula is C19H20O. The predicted octanol–water partition coefficient (Wildman–Crippen LogP) is 4.40. The third kappa shape index (κ3) is 7.24. The Morgan fingerprint density at radius 1 is 1.05 bits per heavy atom. The molecule has 0 aliphatic carbocycles. The van der Waals surface area contributed by atoms with E-state index >= 15 is 0 Å². The van der Waals surface area contributed by atoms with Crippen LogP contribution in [0.25, 0.3) is 0 Å². The summed E-state index contributed by atoms with van der Waals surface area (Å²) in [4.78, 5) is 11.6. The number of ketones is 1. The number of rotatable bonds is 5. The normalized spacial score (nSPS) is 9.45. The molecule has 1 heteroatoms. The Hall–Kier alpha value is -2.25. The van der Waals surface area contributed by atoms with Gasteiger partial charge in [0, 0.05) is 12.0 Å². The fraction of sp³-hybridized carbons (Fsp3) is 0.316. The van der Waals surface area contributed by atoms with Crippen molar-refractivity contribution in [1.29, 1.82) is 0 Å². The number of carbonyl (C=O) groups excluding carboxylic acids is 1. The van der Waals surface area contributed by atoms with Crippen LogP contribution in [0, 0.1) is 23.7 Å². The first kappa shape index (κ1) is 15.8. The molecule has 1 nitrogen and oxygen atoms in total. The molecule has 20 heavy (non-hydrogen) atoms. The summed E-state index contributed by atoms with van der Waals surface area (Å²) in [6.07, 6.45) is 9.20. The lowest BCUT2D eigenvalue weighted by Crippen LogP contribution is -1.92. The van der Waals surface area contributed by atoms with Gasteiger partial charge in [-0.05, 0) is 24.5 Å². The predicted molar refractivity (Wildman–Crippen MR) is 84.2 cm³/mol. The van der Waals surface area contributed by atoms with E-state index < -0.39 is 0 Å². The molecule has 0 atom stereocenters. The maximum atomic E-state index is 11.6. The molecule has 0 bridgehead atoms. The summed E-state index contributed by atoms with van der Waals surface area (Å²) in [6, 6.07) is 9.05. The van der Waals surface area contributed by atoms with Gasteiger partial charge in [-0.15, -0.1) is 0 Å². The van der Waals surface area contributed by atoms with Crippen LogP contribution in [0.2, 0.25) is 0 Å². The summed E-state index contributed by atoms with van der Waals surface area (Å²) < 4.78 is 0. The molecule has 0 aromatic heterocycles. The minimum atomic E-state index is -0.164. The van der Waals surface area contributed by atoms with Gasteiger partial charge in [0.15, 0.2) is 0 Å². The molecule has 0 aliphatic heterocycles. The lowest BCUT2D eigenvalue weighted by molar-refractivity contribution is 0.105. The van der Waals surface area contributed by atoms with Crippen LogP contribution >= 0.6 is 0 Å². The van der Waals surface area contributed by atoms with Gasteiger partial charge in [-0.25, -0.2) is 0 Å². The fourth-order valence-electron chi connectivity index (χ4n) is 1.62. The second kappa shape index (κ2) is 10.7.